The monoisotopic (exact) mass is 531 g/mol. The number of piperidine rings is 1. The van der Waals surface area contributed by atoms with Crippen LogP contribution in [0.25, 0.3) is 0 Å². The summed E-state index contributed by atoms with van der Waals surface area (Å²) in [5, 5.41) is 7.06. The van der Waals surface area contributed by atoms with Crippen LogP contribution in [0.2, 0.25) is 5.02 Å². The molecule has 37 heavy (non-hydrogen) atoms. The topological polar surface area (TPSA) is 70.7 Å². The van der Waals surface area contributed by atoms with Crippen LogP contribution in [0.1, 0.15) is 95.0 Å². The highest BCUT2D eigenvalue weighted by atomic mass is 35.5. The third kappa shape index (κ3) is 5.80. The average Bonchev–Trinajstić information content (AvgIpc) is 2.89. The lowest BCUT2D eigenvalue weighted by atomic mass is 9.59. The molecule has 2 heterocycles. The molecule has 2 aliphatic heterocycles. The van der Waals surface area contributed by atoms with Gasteiger partial charge in [0.2, 0.25) is 5.91 Å². The number of nitrogens with one attached hydrogen (secondary N) is 2. The Morgan fingerprint density at radius 3 is 2.46 bits per heavy atom. The van der Waals surface area contributed by atoms with Crippen LogP contribution in [0, 0.1) is 17.3 Å². The van der Waals surface area contributed by atoms with Crippen LogP contribution in [0.5, 0.6) is 0 Å². The first-order chi connectivity index (χ1) is 17.8. The Kier molecular flexibility index (Phi) is 9.44. The summed E-state index contributed by atoms with van der Waals surface area (Å²) in [4.78, 5) is 29.8. The summed E-state index contributed by atoms with van der Waals surface area (Å²) in [6, 6.07) is 4.36. The second-order valence-corrected chi connectivity index (χ2v) is 11.9. The second kappa shape index (κ2) is 12.4. The molecule has 1 aromatic rings. The number of nitrogens with zero attached hydrogens (tertiary/aromatic N) is 1. The van der Waals surface area contributed by atoms with Gasteiger partial charge in [0.05, 0.1) is 5.41 Å². The molecule has 2 saturated heterocycles. The molecule has 0 aromatic heterocycles. The van der Waals surface area contributed by atoms with Crippen LogP contribution < -0.4 is 15.5 Å². The van der Waals surface area contributed by atoms with E-state index in [0.717, 1.165) is 82.4 Å². The smallest absolute Gasteiger partial charge is 0.251 e. The summed E-state index contributed by atoms with van der Waals surface area (Å²) in [6.45, 7) is 11.3. The number of hydrogen-bond acceptors (Lipinski definition) is 4. The van der Waals surface area contributed by atoms with Crippen molar-refractivity contribution in [3.05, 3.63) is 28.3 Å². The molecular weight excluding hydrogens is 486 g/mol. The van der Waals surface area contributed by atoms with Gasteiger partial charge >= 0.3 is 0 Å². The molecule has 2 amide bonds. The van der Waals surface area contributed by atoms with Gasteiger partial charge in [0.15, 0.2) is 0 Å². The Hall–Kier alpha value is -1.79. The first-order valence-corrected chi connectivity index (χ1v) is 15.0. The van der Waals surface area contributed by atoms with E-state index >= 15 is 0 Å². The van der Waals surface area contributed by atoms with Crippen LogP contribution in [0.3, 0.4) is 0 Å². The maximum absolute atomic E-state index is 13.8. The zero-order valence-corrected chi connectivity index (χ0v) is 24.0. The predicted octanol–water partition coefficient (Wildman–Crippen LogP) is 5.75. The second-order valence-electron chi connectivity index (χ2n) is 11.5. The molecule has 3 aliphatic rings. The van der Waals surface area contributed by atoms with E-state index < -0.39 is 5.41 Å². The molecule has 1 aromatic carbocycles. The predicted molar refractivity (Wildman–Crippen MR) is 150 cm³/mol. The van der Waals surface area contributed by atoms with Crippen LogP contribution >= 0.6 is 11.6 Å². The summed E-state index contributed by atoms with van der Waals surface area (Å²) in [5.41, 5.74) is 2.14. The van der Waals surface area contributed by atoms with E-state index in [2.05, 4.69) is 43.2 Å². The van der Waals surface area contributed by atoms with Crippen molar-refractivity contribution in [3.8, 4) is 0 Å². The van der Waals surface area contributed by atoms with E-state index in [1.54, 1.807) is 6.07 Å². The molecule has 1 aliphatic carbocycles. The Bertz CT molecular complexity index is 958. The number of anilines is 1. The molecule has 1 saturated carbocycles. The number of carbonyl (C=O) groups excluding carboxylic acids is 2. The maximum atomic E-state index is 13.8. The van der Waals surface area contributed by atoms with Gasteiger partial charge in [-0.05, 0) is 81.9 Å². The molecule has 3 unspecified atom stereocenters. The van der Waals surface area contributed by atoms with Gasteiger partial charge in [0.1, 0.15) is 0 Å². The minimum absolute atomic E-state index is 0.116. The number of ether oxygens (including phenoxy) is 1. The number of amides is 2. The standard InChI is InChI=1S/C30H46ClN3O3/c1-5-25-26(17-23(31)18-27(25)34(6-2)24-12-14-37-15-13-24)28(35)32-19-30(22-10-8-7-9-11-22)20(3)16-21(4)33-29(30)36/h17-18,20-22,24H,5-16,19H2,1-4H3,(H,32,35)(H,33,36). The first-order valence-electron chi connectivity index (χ1n) is 14.6. The van der Waals surface area contributed by atoms with Crippen LogP contribution in [-0.4, -0.2) is 50.2 Å². The lowest BCUT2D eigenvalue weighted by Gasteiger charge is -2.49. The minimum Gasteiger partial charge on any atom is -0.381 e. The van der Waals surface area contributed by atoms with E-state index in [1.807, 2.05) is 6.07 Å². The summed E-state index contributed by atoms with van der Waals surface area (Å²) in [5.74, 6) is 0.501. The van der Waals surface area contributed by atoms with Gasteiger partial charge in [0, 0.05) is 54.7 Å². The summed E-state index contributed by atoms with van der Waals surface area (Å²) in [6.07, 6.45) is 9.28. The van der Waals surface area contributed by atoms with Crippen molar-refractivity contribution in [2.75, 3.05) is 31.2 Å². The summed E-state index contributed by atoms with van der Waals surface area (Å²) >= 11 is 6.63. The lowest BCUT2D eigenvalue weighted by molar-refractivity contribution is -0.144. The molecule has 0 bridgehead atoms. The summed E-state index contributed by atoms with van der Waals surface area (Å²) in [7, 11) is 0. The molecule has 2 N–H and O–H groups in total. The largest absolute Gasteiger partial charge is 0.381 e. The molecule has 6 nitrogen and oxygen atoms in total. The first kappa shape index (κ1) is 28.2. The molecule has 4 rings (SSSR count). The third-order valence-corrected chi connectivity index (χ3v) is 9.55. The lowest BCUT2D eigenvalue weighted by Crippen LogP contribution is -2.62. The van der Waals surface area contributed by atoms with E-state index in [1.165, 1.54) is 6.42 Å². The highest BCUT2D eigenvalue weighted by molar-refractivity contribution is 6.31. The Morgan fingerprint density at radius 2 is 1.84 bits per heavy atom. The number of benzene rings is 1. The van der Waals surface area contributed by atoms with E-state index in [-0.39, 0.29) is 23.8 Å². The highest BCUT2D eigenvalue weighted by Crippen LogP contribution is 2.47. The quantitative estimate of drug-likeness (QED) is 0.448. The maximum Gasteiger partial charge on any atom is 0.251 e. The van der Waals surface area contributed by atoms with Gasteiger partial charge in [-0.2, -0.15) is 0 Å². The van der Waals surface area contributed by atoms with Crippen molar-refractivity contribution in [2.45, 2.75) is 97.6 Å². The van der Waals surface area contributed by atoms with Crippen molar-refractivity contribution >= 4 is 29.1 Å². The summed E-state index contributed by atoms with van der Waals surface area (Å²) < 4.78 is 5.60. The number of carbonyl (C=O) groups is 2. The molecule has 206 valence electrons. The molecule has 7 heteroatoms. The fourth-order valence-corrected chi connectivity index (χ4v) is 7.59. The van der Waals surface area contributed by atoms with E-state index in [0.29, 0.717) is 29.1 Å². The van der Waals surface area contributed by atoms with Gasteiger partial charge in [0.25, 0.3) is 5.91 Å². The van der Waals surface area contributed by atoms with Crippen molar-refractivity contribution in [1.29, 1.82) is 0 Å². The third-order valence-electron chi connectivity index (χ3n) is 9.33. The van der Waals surface area contributed by atoms with Crippen LogP contribution in [-0.2, 0) is 16.0 Å². The Morgan fingerprint density at radius 1 is 1.14 bits per heavy atom. The minimum atomic E-state index is -0.562. The molecule has 3 atom stereocenters. The van der Waals surface area contributed by atoms with Crippen molar-refractivity contribution in [3.63, 3.8) is 0 Å². The average molecular weight is 532 g/mol. The van der Waals surface area contributed by atoms with Crippen molar-refractivity contribution in [1.82, 2.24) is 10.6 Å². The van der Waals surface area contributed by atoms with Gasteiger partial charge in [-0.15, -0.1) is 0 Å². The molecule has 0 spiro atoms. The van der Waals surface area contributed by atoms with Crippen LogP contribution in [0.15, 0.2) is 12.1 Å². The van der Waals surface area contributed by atoms with Gasteiger partial charge in [-0.1, -0.05) is 44.7 Å². The van der Waals surface area contributed by atoms with Crippen molar-refractivity contribution < 1.29 is 14.3 Å². The van der Waals surface area contributed by atoms with Crippen LogP contribution in [0.4, 0.5) is 5.69 Å². The zero-order valence-electron chi connectivity index (χ0n) is 23.2. The fourth-order valence-electron chi connectivity index (χ4n) is 7.38. The van der Waals surface area contributed by atoms with Gasteiger partial charge in [-0.3, -0.25) is 9.59 Å². The normalized spacial score (nSPS) is 27.5. The zero-order chi connectivity index (χ0) is 26.6. The highest BCUT2D eigenvalue weighted by Gasteiger charge is 2.52. The SMILES string of the molecule is CCc1c(C(=O)NCC2(C3CCCCC3)C(=O)NC(C)CC2C)cc(Cl)cc1N(CC)C1CCOCC1. The molecule has 3 fully saturated rings. The number of halogens is 1. The van der Waals surface area contributed by atoms with E-state index in [4.69, 9.17) is 16.3 Å². The molecular formula is C30H46ClN3O3. The number of hydrogen-bond donors (Lipinski definition) is 2. The van der Waals surface area contributed by atoms with Gasteiger partial charge in [-0.25, -0.2) is 0 Å². The van der Waals surface area contributed by atoms with Gasteiger partial charge < -0.3 is 20.3 Å². The Balaban J connectivity index is 1.62. The Labute approximate surface area is 228 Å². The fraction of sp³-hybridized carbons (Fsp3) is 0.733. The number of rotatable bonds is 8. The van der Waals surface area contributed by atoms with E-state index in [9.17, 15) is 9.59 Å². The molecule has 0 radical (unpaired) electrons. The van der Waals surface area contributed by atoms with Crippen molar-refractivity contribution in [2.24, 2.45) is 17.3 Å².